The number of esters is 1. The smallest absolute Gasteiger partial charge is 0.357 e. The minimum absolute atomic E-state index is 0.0407. The van der Waals surface area contributed by atoms with Gasteiger partial charge < -0.3 is 10.5 Å². The Labute approximate surface area is 135 Å². The predicted molar refractivity (Wildman–Crippen MR) is 88.6 cm³/mol. The summed E-state index contributed by atoms with van der Waals surface area (Å²) >= 11 is 0. The van der Waals surface area contributed by atoms with Crippen LogP contribution in [0.1, 0.15) is 42.4 Å². The molecule has 2 aromatic rings. The normalized spacial score (nSPS) is 9.83. The number of methoxy groups -OCH3 is 1. The lowest BCUT2D eigenvalue weighted by molar-refractivity contribution is 0.0593. The number of aryl methyl sites for hydroxylation is 1. The summed E-state index contributed by atoms with van der Waals surface area (Å²) in [5, 5.41) is 0. The van der Waals surface area contributed by atoms with E-state index in [9.17, 15) is 9.18 Å². The van der Waals surface area contributed by atoms with Gasteiger partial charge >= 0.3 is 5.97 Å². The van der Waals surface area contributed by atoms with Crippen LogP contribution in [0.15, 0.2) is 18.2 Å². The first-order valence-electron chi connectivity index (χ1n) is 7.49. The number of carbonyl (C=O) groups excluding carboxylic acids is 1. The van der Waals surface area contributed by atoms with Crippen LogP contribution in [-0.2, 0) is 11.2 Å². The molecule has 0 aliphatic heterocycles. The summed E-state index contributed by atoms with van der Waals surface area (Å²) in [6.45, 7) is 7.55. The zero-order valence-electron chi connectivity index (χ0n) is 14.1. The van der Waals surface area contributed by atoms with E-state index < -0.39 is 11.8 Å². The summed E-state index contributed by atoms with van der Waals surface area (Å²) in [6.07, 6.45) is 0.724. The number of benzene rings is 1. The molecule has 0 fully saturated rings. The molecule has 1 heterocycles. The van der Waals surface area contributed by atoms with Crippen LogP contribution in [-0.4, -0.2) is 23.0 Å². The number of halogens is 1. The van der Waals surface area contributed by atoms with Crippen molar-refractivity contribution in [3.63, 3.8) is 0 Å². The van der Waals surface area contributed by atoms with Crippen LogP contribution in [0.5, 0.6) is 0 Å². The Morgan fingerprint density at radius 1 is 1.30 bits per heavy atom. The zero-order chi connectivity index (χ0) is 17.6. The van der Waals surface area contributed by atoms with Crippen LogP contribution in [0.2, 0.25) is 0 Å². The van der Waals surface area contributed by atoms with E-state index in [-0.39, 0.29) is 22.9 Å². The molecule has 0 aliphatic carbocycles. The number of aromatic nitrogens is 2. The van der Waals surface area contributed by atoms with E-state index in [1.165, 1.54) is 13.2 Å². The van der Waals surface area contributed by atoms with Gasteiger partial charge in [0, 0.05) is 5.56 Å². The van der Waals surface area contributed by atoms with Gasteiger partial charge in [-0.15, -0.1) is 0 Å². The van der Waals surface area contributed by atoms with Gasteiger partial charge in [0.25, 0.3) is 0 Å². The maximum Gasteiger partial charge on any atom is 0.357 e. The molecule has 0 atom stereocenters. The molecule has 0 saturated heterocycles. The van der Waals surface area contributed by atoms with Crippen molar-refractivity contribution in [3.05, 3.63) is 40.8 Å². The minimum Gasteiger partial charge on any atom is -0.464 e. The topological polar surface area (TPSA) is 78.1 Å². The Kier molecular flexibility index (Phi) is 6.63. The van der Waals surface area contributed by atoms with Gasteiger partial charge in [-0.2, -0.15) is 0 Å². The Bertz CT molecular complexity index is 702. The number of nitrogens with two attached hydrogens (primary N) is 1. The Morgan fingerprint density at radius 3 is 2.48 bits per heavy atom. The molecule has 0 unspecified atom stereocenters. The molecule has 23 heavy (non-hydrogen) atoms. The molecule has 0 radical (unpaired) electrons. The zero-order valence-corrected chi connectivity index (χ0v) is 14.1. The molecule has 0 spiro atoms. The maximum atomic E-state index is 14.1. The highest BCUT2D eigenvalue weighted by molar-refractivity contribution is 5.90. The summed E-state index contributed by atoms with van der Waals surface area (Å²) < 4.78 is 18.8. The second-order valence-corrected chi connectivity index (χ2v) is 4.57. The molecule has 2 N–H and O–H groups in total. The first kappa shape index (κ1) is 18.5. The second kappa shape index (κ2) is 8.22. The number of hydrogen-bond acceptors (Lipinski definition) is 5. The largest absolute Gasteiger partial charge is 0.464 e. The van der Waals surface area contributed by atoms with Gasteiger partial charge in [-0.1, -0.05) is 26.8 Å². The van der Waals surface area contributed by atoms with Crippen molar-refractivity contribution >= 4 is 11.8 Å². The number of anilines is 1. The SMILES string of the molecule is CC.CCc1ccc(-c2nc(N)c(C)c(C(=O)OC)n2)c(F)c1. The van der Waals surface area contributed by atoms with Crippen molar-refractivity contribution < 1.29 is 13.9 Å². The fraction of sp³-hybridized carbons (Fsp3) is 0.353. The first-order chi connectivity index (χ1) is 11.0. The van der Waals surface area contributed by atoms with Crippen LogP contribution in [0, 0.1) is 12.7 Å². The van der Waals surface area contributed by atoms with Crippen molar-refractivity contribution in [1.29, 1.82) is 0 Å². The van der Waals surface area contributed by atoms with Gasteiger partial charge in [-0.3, -0.25) is 0 Å². The van der Waals surface area contributed by atoms with E-state index in [0.29, 0.717) is 5.56 Å². The molecule has 6 heteroatoms. The first-order valence-corrected chi connectivity index (χ1v) is 7.49. The lowest BCUT2D eigenvalue weighted by Gasteiger charge is -2.09. The predicted octanol–water partition coefficient (Wildman–Crippen LogP) is 3.55. The van der Waals surface area contributed by atoms with Gasteiger partial charge in [0.15, 0.2) is 11.5 Å². The van der Waals surface area contributed by atoms with E-state index in [4.69, 9.17) is 5.73 Å². The lowest BCUT2D eigenvalue weighted by Crippen LogP contribution is -2.12. The molecular formula is C17H22FN3O2. The lowest BCUT2D eigenvalue weighted by atomic mass is 10.1. The highest BCUT2D eigenvalue weighted by Crippen LogP contribution is 2.24. The van der Waals surface area contributed by atoms with Crippen molar-refractivity contribution in [1.82, 2.24) is 9.97 Å². The Balaban J connectivity index is 0.00000127. The van der Waals surface area contributed by atoms with Crippen LogP contribution in [0.3, 0.4) is 0 Å². The number of nitrogens with zero attached hydrogens (tertiary/aromatic N) is 2. The van der Waals surface area contributed by atoms with Gasteiger partial charge in [-0.05, 0) is 31.0 Å². The Morgan fingerprint density at radius 2 is 1.96 bits per heavy atom. The fourth-order valence-corrected chi connectivity index (χ4v) is 1.91. The Hall–Kier alpha value is -2.50. The van der Waals surface area contributed by atoms with E-state index in [2.05, 4.69) is 14.7 Å². The molecule has 0 aliphatic rings. The summed E-state index contributed by atoms with van der Waals surface area (Å²) in [4.78, 5) is 19.8. The third-order valence-electron chi connectivity index (χ3n) is 3.24. The van der Waals surface area contributed by atoms with E-state index in [1.807, 2.05) is 20.8 Å². The summed E-state index contributed by atoms with van der Waals surface area (Å²) in [6, 6.07) is 4.79. The number of rotatable bonds is 3. The van der Waals surface area contributed by atoms with Gasteiger partial charge in [-0.25, -0.2) is 19.2 Å². The summed E-state index contributed by atoms with van der Waals surface area (Å²) in [5.41, 5.74) is 7.29. The van der Waals surface area contributed by atoms with Crippen LogP contribution in [0.4, 0.5) is 10.2 Å². The summed E-state index contributed by atoms with van der Waals surface area (Å²) in [7, 11) is 1.25. The molecule has 0 saturated carbocycles. The standard InChI is InChI=1S/C15H16FN3O2.C2H6/c1-4-9-5-6-10(11(16)7-9)14-18-12(15(20)21-3)8(2)13(17)19-14;1-2/h5-7H,4H2,1-3H3,(H2,17,18,19);1-2H3. The second-order valence-electron chi connectivity index (χ2n) is 4.57. The third kappa shape index (κ3) is 4.03. The van der Waals surface area contributed by atoms with E-state index in [1.54, 1.807) is 19.1 Å². The average Bonchev–Trinajstić information content (AvgIpc) is 2.58. The van der Waals surface area contributed by atoms with Crippen molar-refractivity contribution in [2.24, 2.45) is 0 Å². The molecule has 1 aromatic carbocycles. The van der Waals surface area contributed by atoms with Crippen molar-refractivity contribution in [2.45, 2.75) is 34.1 Å². The minimum atomic E-state index is -0.631. The van der Waals surface area contributed by atoms with Gasteiger partial charge in [0.1, 0.15) is 11.6 Å². The van der Waals surface area contributed by atoms with Gasteiger partial charge in [0.05, 0.1) is 12.7 Å². The highest BCUT2D eigenvalue weighted by atomic mass is 19.1. The van der Waals surface area contributed by atoms with Crippen LogP contribution < -0.4 is 5.73 Å². The average molecular weight is 319 g/mol. The van der Waals surface area contributed by atoms with Crippen molar-refractivity contribution in [3.8, 4) is 11.4 Å². The number of hydrogen-bond donors (Lipinski definition) is 1. The molecule has 2 rings (SSSR count). The monoisotopic (exact) mass is 319 g/mol. The maximum absolute atomic E-state index is 14.1. The van der Waals surface area contributed by atoms with E-state index >= 15 is 0 Å². The van der Waals surface area contributed by atoms with Crippen LogP contribution in [0.25, 0.3) is 11.4 Å². The molecule has 0 bridgehead atoms. The molecule has 1 aromatic heterocycles. The fourth-order valence-electron chi connectivity index (χ4n) is 1.91. The highest BCUT2D eigenvalue weighted by Gasteiger charge is 2.18. The number of ether oxygens (including phenoxy) is 1. The van der Waals surface area contributed by atoms with Crippen molar-refractivity contribution in [2.75, 3.05) is 12.8 Å². The quantitative estimate of drug-likeness (QED) is 0.875. The number of nitrogen functional groups attached to an aromatic ring is 1. The summed E-state index contributed by atoms with van der Waals surface area (Å²) in [5.74, 6) is -0.889. The third-order valence-corrected chi connectivity index (χ3v) is 3.24. The van der Waals surface area contributed by atoms with E-state index in [0.717, 1.165) is 12.0 Å². The molecule has 124 valence electrons. The van der Waals surface area contributed by atoms with Gasteiger partial charge in [0.2, 0.25) is 0 Å². The molecular weight excluding hydrogens is 297 g/mol. The number of carbonyl (C=O) groups is 1. The van der Waals surface area contributed by atoms with Crippen LogP contribution >= 0.6 is 0 Å². The molecule has 0 amide bonds. The molecule has 5 nitrogen and oxygen atoms in total.